The lowest BCUT2D eigenvalue weighted by molar-refractivity contribution is 0.0945. The standard InChI is InChI=1S/C17H19N5O2P/c1-9-4-10(2)13(11(3)5-9)15(23)12(6-25-24)22-8-21-14-16(18)19-7-20-17(14)22/h4-8,12,24-25H,1-3H3,(H2,18,19,20). The minimum absolute atomic E-state index is 0.118. The van der Waals surface area contributed by atoms with E-state index >= 15 is 0 Å². The van der Waals surface area contributed by atoms with Crippen molar-refractivity contribution in [1.82, 2.24) is 19.5 Å². The average molecular weight is 356 g/mol. The first-order valence-electron chi connectivity index (χ1n) is 7.72. The molecule has 3 N–H and O–H groups in total. The van der Waals surface area contributed by atoms with Crippen molar-refractivity contribution in [3.63, 3.8) is 0 Å². The molecule has 0 fully saturated rings. The highest BCUT2D eigenvalue weighted by Gasteiger charge is 2.27. The lowest BCUT2D eigenvalue weighted by atomic mass is 9.93. The number of rotatable bonds is 5. The molecule has 0 bridgehead atoms. The molecule has 2 heterocycles. The molecule has 3 rings (SSSR count). The van der Waals surface area contributed by atoms with E-state index in [1.54, 1.807) is 10.7 Å². The zero-order chi connectivity index (χ0) is 18.1. The largest absolute Gasteiger partial charge is 0.382 e. The second-order valence-corrected chi connectivity index (χ2v) is 6.55. The maximum absolute atomic E-state index is 13.3. The summed E-state index contributed by atoms with van der Waals surface area (Å²) in [6.45, 7) is 5.82. The molecule has 0 aliphatic heterocycles. The molecule has 0 saturated heterocycles. The van der Waals surface area contributed by atoms with E-state index in [0.29, 0.717) is 16.7 Å². The Hall–Kier alpha value is -2.37. The fraction of sp³-hybridized carbons (Fsp3) is 0.235. The molecule has 8 heteroatoms. The molecule has 1 aromatic carbocycles. The van der Waals surface area contributed by atoms with Crippen LogP contribution < -0.4 is 5.73 Å². The van der Waals surface area contributed by atoms with Crippen LogP contribution in [0.3, 0.4) is 0 Å². The number of aryl methyl sites for hydroxylation is 3. The maximum Gasteiger partial charge on any atom is 0.186 e. The molecule has 25 heavy (non-hydrogen) atoms. The molecule has 0 aliphatic carbocycles. The van der Waals surface area contributed by atoms with Crippen molar-refractivity contribution >= 4 is 31.6 Å². The smallest absolute Gasteiger partial charge is 0.186 e. The number of Topliss-reactive ketones (excluding diaryl/α,β-unsaturated/α-hetero) is 1. The highest BCUT2D eigenvalue weighted by Crippen LogP contribution is 2.31. The molecule has 3 aromatic rings. The van der Waals surface area contributed by atoms with E-state index in [0.717, 1.165) is 16.7 Å². The Bertz CT molecular complexity index is 930. The minimum Gasteiger partial charge on any atom is -0.382 e. The number of benzene rings is 1. The predicted octanol–water partition coefficient (Wildman–Crippen LogP) is 2.51. The van der Waals surface area contributed by atoms with Gasteiger partial charge in [-0.25, -0.2) is 15.0 Å². The zero-order valence-electron chi connectivity index (χ0n) is 14.2. The van der Waals surface area contributed by atoms with Crippen LogP contribution in [0, 0.1) is 26.9 Å². The first-order valence-corrected chi connectivity index (χ1v) is 8.74. The lowest BCUT2D eigenvalue weighted by Crippen LogP contribution is -2.21. The van der Waals surface area contributed by atoms with Crippen molar-refractivity contribution in [3.8, 4) is 0 Å². The van der Waals surface area contributed by atoms with E-state index < -0.39 is 14.8 Å². The van der Waals surface area contributed by atoms with Gasteiger partial charge in [-0.05, 0) is 31.9 Å². The number of anilines is 1. The van der Waals surface area contributed by atoms with Gasteiger partial charge in [-0.15, -0.1) is 0 Å². The fourth-order valence-electron chi connectivity index (χ4n) is 3.14. The van der Waals surface area contributed by atoms with Crippen molar-refractivity contribution in [2.45, 2.75) is 26.8 Å². The second kappa shape index (κ2) is 6.86. The number of imidazole rings is 1. The number of carbonyl (C=O) groups excluding carboxylic acids is 1. The van der Waals surface area contributed by atoms with Crippen LogP contribution in [-0.2, 0) is 0 Å². The van der Waals surface area contributed by atoms with Gasteiger partial charge >= 0.3 is 0 Å². The van der Waals surface area contributed by atoms with Gasteiger partial charge in [0.05, 0.1) is 6.33 Å². The number of carbonyl (C=O) groups is 1. The Morgan fingerprint density at radius 2 is 1.92 bits per heavy atom. The van der Waals surface area contributed by atoms with E-state index in [1.807, 2.05) is 32.9 Å². The number of hydrogen-bond donors (Lipinski definition) is 2. The van der Waals surface area contributed by atoms with E-state index in [1.165, 1.54) is 12.7 Å². The third-order valence-corrected chi connectivity index (χ3v) is 4.58. The molecule has 0 saturated carbocycles. The Balaban J connectivity index is 2.13. The SMILES string of the molecule is Cc1cc(C)c(C(=O)C([CH]PO)n2cnc3c(N)ncnc32)c(C)c1. The molecular formula is C17H19N5O2P. The Morgan fingerprint density at radius 3 is 2.56 bits per heavy atom. The van der Waals surface area contributed by atoms with Gasteiger partial charge in [0.25, 0.3) is 0 Å². The number of hydrogen-bond acceptors (Lipinski definition) is 6. The van der Waals surface area contributed by atoms with Crippen LogP contribution in [0.5, 0.6) is 0 Å². The molecular weight excluding hydrogens is 337 g/mol. The second-order valence-electron chi connectivity index (χ2n) is 5.96. The van der Waals surface area contributed by atoms with Crippen LogP contribution in [0.15, 0.2) is 24.8 Å². The van der Waals surface area contributed by atoms with Crippen LogP contribution in [0.2, 0.25) is 0 Å². The quantitative estimate of drug-likeness (QED) is 0.537. The first kappa shape index (κ1) is 17.5. The van der Waals surface area contributed by atoms with Gasteiger partial charge in [0.1, 0.15) is 17.9 Å². The van der Waals surface area contributed by atoms with Crippen LogP contribution in [0.1, 0.15) is 33.1 Å². The monoisotopic (exact) mass is 356 g/mol. The Kier molecular flexibility index (Phi) is 4.79. The summed E-state index contributed by atoms with van der Waals surface area (Å²) >= 11 is 0. The number of ketones is 1. The molecule has 0 spiro atoms. The third kappa shape index (κ3) is 3.13. The highest BCUT2D eigenvalue weighted by molar-refractivity contribution is 7.33. The van der Waals surface area contributed by atoms with Gasteiger partial charge in [0.15, 0.2) is 17.2 Å². The Labute approximate surface area is 147 Å². The minimum atomic E-state index is -0.720. The number of nitrogens with zero attached hydrogens (tertiary/aromatic N) is 4. The molecule has 2 unspecified atom stereocenters. The molecule has 0 aliphatic rings. The van der Waals surface area contributed by atoms with E-state index in [2.05, 4.69) is 15.0 Å². The fourth-order valence-corrected chi connectivity index (χ4v) is 3.60. The summed E-state index contributed by atoms with van der Waals surface area (Å²) in [5.74, 6) is 0.136. The maximum atomic E-state index is 13.3. The van der Waals surface area contributed by atoms with Crippen molar-refractivity contribution in [2.75, 3.05) is 5.73 Å². The molecule has 2 atom stereocenters. The zero-order valence-corrected chi connectivity index (χ0v) is 15.2. The number of aromatic nitrogens is 4. The predicted molar refractivity (Wildman–Crippen MR) is 98.6 cm³/mol. The van der Waals surface area contributed by atoms with E-state index in [-0.39, 0.29) is 11.6 Å². The first-order chi connectivity index (χ1) is 11.9. The van der Waals surface area contributed by atoms with Crippen molar-refractivity contribution in [2.24, 2.45) is 0 Å². The Morgan fingerprint density at radius 1 is 1.24 bits per heavy atom. The lowest BCUT2D eigenvalue weighted by Gasteiger charge is -2.19. The van der Waals surface area contributed by atoms with Crippen LogP contribution in [-0.4, -0.2) is 30.2 Å². The third-order valence-electron chi connectivity index (χ3n) is 4.11. The van der Waals surface area contributed by atoms with Crippen molar-refractivity contribution in [1.29, 1.82) is 0 Å². The van der Waals surface area contributed by atoms with Crippen LogP contribution >= 0.6 is 8.81 Å². The summed E-state index contributed by atoms with van der Waals surface area (Å²) in [4.78, 5) is 35.1. The summed E-state index contributed by atoms with van der Waals surface area (Å²) in [7, 11) is -0.496. The van der Waals surface area contributed by atoms with Gasteiger partial charge in [-0.1, -0.05) is 17.7 Å². The topological polar surface area (TPSA) is 107 Å². The molecule has 7 nitrogen and oxygen atoms in total. The molecule has 129 valence electrons. The number of nitrogens with two attached hydrogens (primary N) is 1. The average Bonchev–Trinajstić information content (AvgIpc) is 2.96. The van der Waals surface area contributed by atoms with E-state index in [9.17, 15) is 9.69 Å². The molecule has 2 aromatic heterocycles. The van der Waals surface area contributed by atoms with Crippen LogP contribution in [0.25, 0.3) is 11.2 Å². The van der Waals surface area contributed by atoms with Crippen LogP contribution in [0.4, 0.5) is 5.82 Å². The number of nitrogen functional groups attached to an aromatic ring is 1. The molecule has 1 radical (unpaired) electrons. The van der Waals surface area contributed by atoms with Gasteiger partial charge in [0.2, 0.25) is 0 Å². The highest BCUT2D eigenvalue weighted by atomic mass is 31.1. The van der Waals surface area contributed by atoms with Gasteiger partial charge in [-0.2, -0.15) is 0 Å². The van der Waals surface area contributed by atoms with Crippen molar-refractivity contribution < 1.29 is 9.69 Å². The van der Waals surface area contributed by atoms with Gasteiger partial charge in [-0.3, -0.25) is 4.79 Å². The van der Waals surface area contributed by atoms with Gasteiger partial charge in [0, 0.05) is 20.5 Å². The van der Waals surface area contributed by atoms with E-state index in [4.69, 9.17) is 5.73 Å². The summed E-state index contributed by atoms with van der Waals surface area (Å²) in [6.07, 6.45) is 4.40. The normalized spacial score (nSPS) is 13.0. The number of fused-ring (bicyclic) bond motifs is 1. The summed E-state index contributed by atoms with van der Waals surface area (Å²) in [6, 6.07) is 3.23. The summed E-state index contributed by atoms with van der Waals surface area (Å²) in [5, 5.41) is 0. The molecule has 0 amide bonds. The van der Waals surface area contributed by atoms with Crippen molar-refractivity contribution in [3.05, 3.63) is 53.2 Å². The van der Waals surface area contributed by atoms with Gasteiger partial charge < -0.3 is 15.2 Å². The summed E-state index contributed by atoms with van der Waals surface area (Å²) < 4.78 is 1.62. The summed E-state index contributed by atoms with van der Waals surface area (Å²) in [5.41, 5.74) is 10.3.